The number of rotatable bonds is 6. The van der Waals surface area contributed by atoms with Crippen molar-refractivity contribution >= 4 is 17.3 Å². The Hall–Kier alpha value is -2.11. The fourth-order valence-electron chi connectivity index (χ4n) is 2.25. The molecule has 0 bridgehead atoms. The second-order valence-electron chi connectivity index (χ2n) is 5.63. The highest BCUT2D eigenvalue weighted by Gasteiger charge is 2.26. The van der Waals surface area contributed by atoms with Crippen molar-refractivity contribution in [1.82, 2.24) is 4.90 Å². The summed E-state index contributed by atoms with van der Waals surface area (Å²) in [6.07, 6.45) is 0.849. The average molecular weight is 293 g/mol. The Kier molecular flexibility index (Phi) is 5.69. The summed E-state index contributed by atoms with van der Waals surface area (Å²) in [5.41, 5.74) is 0.626. The Balaban J connectivity index is 3.12. The molecule has 0 aliphatic carbocycles. The third kappa shape index (κ3) is 4.18. The van der Waals surface area contributed by atoms with Crippen LogP contribution in [-0.2, 0) is 0 Å². The van der Waals surface area contributed by atoms with E-state index < -0.39 is 4.92 Å². The van der Waals surface area contributed by atoms with E-state index in [1.165, 1.54) is 12.1 Å². The van der Waals surface area contributed by atoms with Gasteiger partial charge in [-0.05, 0) is 31.4 Å². The topological polar surface area (TPSA) is 75.5 Å². The van der Waals surface area contributed by atoms with Gasteiger partial charge in [0.05, 0.1) is 4.92 Å². The zero-order valence-corrected chi connectivity index (χ0v) is 13.2. The van der Waals surface area contributed by atoms with E-state index in [0.29, 0.717) is 11.6 Å². The van der Waals surface area contributed by atoms with Gasteiger partial charge in [0.1, 0.15) is 5.56 Å². The predicted molar refractivity (Wildman–Crippen MR) is 83.7 cm³/mol. The molecule has 1 rings (SSSR count). The van der Waals surface area contributed by atoms with Gasteiger partial charge in [-0.25, -0.2) is 0 Å². The van der Waals surface area contributed by atoms with Crippen molar-refractivity contribution in [3.8, 4) is 0 Å². The van der Waals surface area contributed by atoms with E-state index in [4.69, 9.17) is 0 Å². The van der Waals surface area contributed by atoms with Gasteiger partial charge in [-0.1, -0.05) is 13.8 Å². The molecule has 1 unspecified atom stereocenters. The molecule has 0 saturated heterocycles. The minimum Gasteiger partial charge on any atom is -0.388 e. The molecule has 116 valence electrons. The molecule has 21 heavy (non-hydrogen) atoms. The fraction of sp³-hybridized carbons (Fsp3) is 0.533. The normalized spacial score (nSPS) is 12.1. The summed E-state index contributed by atoms with van der Waals surface area (Å²) in [5, 5.41) is 14.0. The van der Waals surface area contributed by atoms with Crippen LogP contribution in [0.4, 0.5) is 11.4 Å². The van der Waals surface area contributed by atoms with Gasteiger partial charge >= 0.3 is 0 Å². The lowest BCUT2D eigenvalue weighted by Crippen LogP contribution is -2.36. The second kappa shape index (κ2) is 7.06. The van der Waals surface area contributed by atoms with Crippen LogP contribution in [0.25, 0.3) is 0 Å². The molecule has 1 atom stereocenters. The van der Waals surface area contributed by atoms with Crippen LogP contribution in [0.1, 0.15) is 37.6 Å². The van der Waals surface area contributed by atoms with E-state index in [0.717, 1.165) is 6.42 Å². The third-order valence-corrected chi connectivity index (χ3v) is 3.51. The number of nitrogens with zero attached hydrogens (tertiary/aromatic N) is 2. The number of hydrogen-bond acceptors (Lipinski definition) is 4. The molecular formula is C15H23N3O3. The van der Waals surface area contributed by atoms with Gasteiger partial charge in [-0.3, -0.25) is 14.9 Å². The number of nitro benzene ring substituents is 1. The predicted octanol–water partition coefficient (Wildman–Crippen LogP) is 3.14. The molecule has 1 aromatic carbocycles. The lowest BCUT2D eigenvalue weighted by atomic mass is 10.0. The number of anilines is 1. The number of carbonyl (C=O) groups excluding carboxylic acids is 1. The molecule has 0 saturated carbocycles. The van der Waals surface area contributed by atoms with Gasteiger partial charge in [0.2, 0.25) is 0 Å². The van der Waals surface area contributed by atoms with Crippen molar-refractivity contribution < 1.29 is 9.72 Å². The molecule has 6 nitrogen and oxygen atoms in total. The zero-order valence-electron chi connectivity index (χ0n) is 13.2. The van der Waals surface area contributed by atoms with Crippen molar-refractivity contribution in [3.63, 3.8) is 0 Å². The standard InChI is InChI=1S/C15H23N3O3/c1-10(2)8-11(3)17(5)15(19)13-9-12(16-4)6-7-14(13)18(20)21/h6-7,9-11,16H,8H2,1-5H3. The van der Waals surface area contributed by atoms with Gasteiger partial charge in [0.15, 0.2) is 0 Å². The van der Waals surface area contributed by atoms with Crippen LogP contribution in [0.2, 0.25) is 0 Å². The first-order valence-corrected chi connectivity index (χ1v) is 7.01. The summed E-state index contributed by atoms with van der Waals surface area (Å²) in [6, 6.07) is 4.50. The smallest absolute Gasteiger partial charge is 0.282 e. The number of nitrogens with one attached hydrogen (secondary N) is 1. The quantitative estimate of drug-likeness (QED) is 0.645. The Morgan fingerprint density at radius 1 is 1.38 bits per heavy atom. The molecule has 0 radical (unpaired) electrons. The lowest BCUT2D eigenvalue weighted by Gasteiger charge is -2.26. The molecule has 0 spiro atoms. The van der Waals surface area contributed by atoms with Crippen LogP contribution in [0.5, 0.6) is 0 Å². The van der Waals surface area contributed by atoms with Crippen LogP contribution >= 0.6 is 0 Å². The van der Waals surface area contributed by atoms with Crippen LogP contribution in [0, 0.1) is 16.0 Å². The Bertz CT molecular complexity index is 529. The highest BCUT2D eigenvalue weighted by Crippen LogP contribution is 2.25. The summed E-state index contributed by atoms with van der Waals surface area (Å²) in [4.78, 5) is 24.7. The highest BCUT2D eigenvalue weighted by molar-refractivity contribution is 5.99. The van der Waals surface area contributed by atoms with Crippen molar-refractivity contribution in [2.45, 2.75) is 33.2 Å². The van der Waals surface area contributed by atoms with Gasteiger partial charge in [0, 0.05) is 31.9 Å². The van der Waals surface area contributed by atoms with Gasteiger partial charge in [0.25, 0.3) is 11.6 Å². The Morgan fingerprint density at radius 2 is 2.00 bits per heavy atom. The number of carbonyl (C=O) groups is 1. The molecule has 1 N–H and O–H groups in total. The maximum Gasteiger partial charge on any atom is 0.282 e. The minimum atomic E-state index is -0.520. The summed E-state index contributed by atoms with van der Waals surface area (Å²) >= 11 is 0. The number of amides is 1. The summed E-state index contributed by atoms with van der Waals surface area (Å²) in [7, 11) is 3.39. The molecule has 0 aromatic heterocycles. The molecule has 0 heterocycles. The van der Waals surface area contributed by atoms with Crippen molar-refractivity contribution in [2.24, 2.45) is 5.92 Å². The maximum atomic E-state index is 12.6. The minimum absolute atomic E-state index is 0.0235. The molecule has 0 aliphatic rings. The van der Waals surface area contributed by atoms with Crippen LogP contribution in [0.15, 0.2) is 18.2 Å². The first kappa shape index (κ1) is 16.9. The van der Waals surface area contributed by atoms with E-state index in [1.54, 1.807) is 25.1 Å². The summed E-state index contributed by atoms with van der Waals surface area (Å²) < 4.78 is 0. The summed E-state index contributed by atoms with van der Waals surface area (Å²) in [6.45, 7) is 6.11. The third-order valence-electron chi connectivity index (χ3n) is 3.51. The molecule has 1 aromatic rings. The Labute approximate surface area is 125 Å². The maximum absolute atomic E-state index is 12.6. The lowest BCUT2D eigenvalue weighted by molar-refractivity contribution is -0.385. The van der Waals surface area contributed by atoms with Gasteiger partial charge < -0.3 is 10.2 Å². The SMILES string of the molecule is CNc1ccc([N+](=O)[O-])c(C(=O)N(C)C(C)CC(C)C)c1. The average Bonchev–Trinajstić information content (AvgIpc) is 2.44. The molecule has 6 heteroatoms. The first-order chi connectivity index (χ1) is 9.77. The van der Waals surface area contributed by atoms with Gasteiger partial charge in [-0.15, -0.1) is 0 Å². The monoisotopic (exact) mass is 293 g/mol. The molecule has 0 fully saturated rings. The first-order valence-electron chi connectivity index (χ1n) is 7.01. The zero-order chi connectivity index (χ0) is 16.2. The van der Waals surface area contributed by atoms with E-state index >= 15 is 0 Å². The molecule has 1 amide bonds. The number of nitro groups is 1. The number of hydrogen-bond donors (Lipinski definition) is 1. The van der Waals surface area contributed by atoms with Crippen LogP contribution in [-0.4, -0.2) is 35.9 Å². The van der Waals surface area contributed by atoms with Gasteiger partial charge in [-0.2, -0.15) is 0 Å². The largest absolute Gasteiger partial charge is 0.388 e. The summed E-state index contributed by atoms with van der Waals surface area (Å²) in [5.74, 6) is 0.126. The van der Waals surface area contributed by atoms with Crippen molar-refractivity contribution in [1.29, 1.82) is 0 Å². The van der Waals surface area contributed by atoms with Crippen LogP contribution in [0.3, 0.4) is 0 Å². The van der Waals surface area contributed by atoms with Crippen LogP contribution < -0.4 is 5.32 Å². The number of benzene rings is 1. The highest BCUT2D eigenvalue weighted by atomic mass is 16.6. The second-order valence-corrected chi connectivity index (χ2v) is 5.63. The van der Waals surface area contributed by atoms with E-state index in [9.17, 15) is 14.9 Å². The molecular weight excluding hydrogens is 270 g/mol. The van der Waals surface area contributed by atoms with E-state index in [-0.39, 0.29) is 23.2 Å². The fourth-order valence-corrected chi connectivity index (χ4v) is 2.25. The Morgan fingerprint density at radius 3 is 2.48 bits per heavy atom. The molecule has 0 aliphatic heterocycles. The van der Waals surface area contributed by atoms with Crippen molar-refractivity contribution in [2.75, 3.05) is 19.4 Å². The van der Waals surface area contributed by atoms with Crippen molar-refractivity contribution in [3.05, 3.63) is 33.9 Å². The van der Waals surface area contributed by atoms with E-state index in [1.807, 2.05) is 6.92 Å². The van der Waals surface area contributed by atoms with E-state index in [2.05, 4.69) is 19.2 Å².